The molecule has 1 heterocycles. The highest BCUT2D eigenvalue weighted by Gasteiger charge is 2.10. The number of hydrogen-bond acceptors (Lipinski definition) is 9. The summed E-state index contributed by atoms with van der Waals surface area (Å²) in [6, 6.07) is 19.5. The minimum atomic E-state index is -0.504. The highest BCUT2D eigenvalue weighted by atomic mass is 35.5. The number of methoxy groups -OCH3 is 2. The van der Waals surface area contributed by atoms with Crippen LogP contribution in [0.3, 0.4) is 0 Å². The van der Waals surface area contributed by atoms with Gasteiger partial charge < -0.3 is 19.5 Å². The summed E-state index contributed by atoms with van der Waals surface area (Å²) in [5, 5.41) is 10.6. The molecule has 194 valence electrons. The highest BCUT2D eigenvalue weighted by molar-refractivity contribution is 7.14. The first-order chi connectivity index (χ1) is 18.4. The maximum atomic E-state index is 12.5. The Morgan fingerprint density at radius 3 is 2.50 bits per heavy atom. The van der Waals surface area contributed by atoms with E-state index in [1.807, 2.05) is 41.8 Å². The minimum Gasteiger partial charge on any atom is -0.493 e. The number of carbonyl (C=O) groups excluding carboxylic acids is 2. The van der Waals surface area contributed by atoms with Crippen molar-refractivity contribution >= 4 is 51.8 Å². The normalized spacial score (nSPS) is 10.7. The number of carbonyl (C=O) groups is 2. The molecule has 0 aliphatic heterocycles. The second-order valence-corrected chi connectivity index (χ2v) is 9.02. The van der Waals surface area contributed by atoms with Gasteiger partial charge in [0.25, 0.3) is 5.91 Å². The molecule has 38 heavy (non-hydrogen) atoms. The fourth-order valence-corrected chi connectivity index (χ4v) is 4.09. The molecule has 0 aliphatic carbocycles. The van der Waals surface area contributed by atoms with Crippen LogP contribution in [0.15, 0.2) is 77.2 Å². The third-order valence-corrected chi connectivity index (χ3v) is 6.19. The average Bonchev–Trinajstić information content (AvgIpc) is 3.41. The summed E-state index contributed by atoms with van der Waals surface area (Å²) in [4.78, 5) is 28.4. The van der Waals surface area contributed by atoms with Crippen LogP contribution in [-0.4, -0.2) is 43.9 Å². The van der Waals surface area contributed by atoms with E-state index in [4.69, 9.17) is 21.1 Å². The number of halogens is 1. The van der Waals surface area contributed by atoms with Crippen molar-refractivity contribution in [3.8, 4) is 22.8 Å². The van der Waals surface area contributed by atoms with E-state index in [0.717, 1.165) is 22.1 Å². The molecule has 9 nitrogen and oxygen atoms in total. The molecule has 0 saturated heterocycles. The zero-order chi connectivity index (χ0) is 26.9. The molecular formula is C27H23ClN4O5S. The molecule has 0 fully saturated rings. The van der Waals surface area contributed by atoms with E-state index in [1.54, 1.807) is 30.3 Å². The van der Waals surface area contributed by atoms with E-state index < -0.39 is 5.97 Å². The summed E-state index contributed by atoms with van der Waals surface area (Å²) in [5.41, 5.74) is 6.19. The van der Waals surface area contributed by atoms with Crippen LogP contribution in [0.25, 0.3) is 11.3 Å². The third-order valence-electron chi connectivity index (χ3n) is 5.18. The molecule has 0 aliphatic rings. The lowest BCUT2D eigenvalue weighted by molar-refractivity contribution is -0.142. The fourth-order valence-electron chi connectivity index (χ4n) is 3.22. The maximum Gasteiger partial charge on any atom is 0.343 e. The number of aromatic nitrogens is 1. The first-order valence-electron chi connectivity index (χ1n) is 11.2. The summed E-state index contributed by atoms with van der Waals surface area (Å²) in [6.07, 6.45) is 1.48. The smallest absolute Gasteiger partial charge is 0.343 e. The van der Waals surface area contributed by atoms with Gasteiger partial charge in [-0.3, -0.25) is 4.79 Å². The monoisotopic (exact) mass is 550 g/mol. The standard InChI is InChI=1S/C27H23ClN4O5S/c1-35-24-13-17(3-12-23(24)37-15-25(33)36-2)14-29-32-26(34)19-6-4-18(5-7-19)22-16-38-27(31-22)30-21-10-8-20(28)9-11-21/h3-14,16H,15H2,1-2H3,(H,30,31)(H,32,34)/b29-14-. The quantitative estimate of drug-likeness (QED) is 0.152. The van der Waals surface area contributed by atoms with E-state index >= 15 is 0 Å². The van der Waals surface area contributed by atoms with E-state index in [9.17, 15) is 9.59 Å². The largest absolute Gasteiger partial charge is 0.493 e. The van der Waals surface area contributed by atoms with Crippen molar-refractivity contribution in [3.05, 3.63) is 88.3 Å². The molecule has 1 aromatic heterocycles. The van der Waals surface area contributed by atoms with Crippen LogP contribution >= 0.6 is 22.9 Å². The number of benzene rings is 3. The third kappa shape index (κ3) is 7.09. The molecule has 3 aromatic carbocycles. The predicted octanol–water partition coefficient (Wildman–Crippen LogP) is 5.53. The van der Waals surface area contributed by atoms with Crippen LogP contribution in [0.4, 0.5) is 10.8 Å². The Kier molecular flexibility index (Phi) is 8.91. The number of esters is 1. The van der Waals surface area contributed by atoms with Crippen molar-refractivity contribution in [2.45, 2.75) is 0 Å². The van der Waals surface area contributed by atoms with E-state index in [1.165, 1.54) is 31.8 Å². The molecule has 0 bridgehead atoms. The Morgan fingerprint density at radius 2 is 1.79 bits per heavy atom. The Balaban J connectivity index is 1.33. The molecular weight excluding hydrogens is 528 g/mol. The van der Waals surface area contributed by atoms with Crippen LogP contribution in [0.1, 0.15) is 15.9 Å². The van der Waals surface area contributed by atoms with Crippen LogP contribution < -0.4 is 20.2 Å². The highest BCUT2D eigenvalue weighted by Crippen LogP contribution is 2.29. The van der Waals surface area contributed by atoms with Crippen LogP contribution in [0, 0.1) is 0 Å². The van der Waals surface area contributed by atoms with Gasteiger partial charge in [0.15, 0.2) is 23.2 Å². The van der Waals surface area contributed by atoms with Gasteiger partial charge in [-0.05, 0) is 60.2 Å². The summed E-state index contributed by atoms with van der Waals surface area (Å²) in [5.74, 6) is -0.0717. The Hall–Kier alpha value is -4.41. The number of nitrogens with one attached hydrogen (secondary N) is 2. The van der Waals surface area contributed by atoms with Crippen LogP contribution in [-0.2, 0) is 9.53 Å². The molecule has 1 amide bonds. The van der Waals surface area contributed by atoms with Crippen molar-refractivity contribution in [2.75, 3.05) is 26.1 Å². The van der Waals surface area contributed by atoms with Crippen molar-refractivity contribution in [1.82, 2.24) is 10.4 Å². The molecule has 0 atom stereocenters. The van der Waals surface area contributed by atoms with Gasteiger partial charge in [0.05, 0.1) is 26.1 Å². The Bertz CT molecular complexity index is 1440. The molecule has 4 aromatic rings. The average molecular weight is 551 g/mol. The summed E-state index contributed by atoms with van der Waals surface area (Å²) >= 11 is 7.41. The number of anilines is 2. The molecule has 0 unspecified atom stereocenters. The zero-order valence-corrected chi connectivity index (χ0v) is 22.0. The molecule has 4 rings (SSSR count). The molecule has 0 saturated carbocycles. The van der Waals surface area contributed by atoms with Gasteiger partial charge in [0.2, 0.25) is 0 Å². The summed E-state index contributed by atoms with van der Waals surface area (Å²) in [6.45, 7) is -0.237. The minimum absolute atomic E-state index is 0.237. The number of ether oxygens (including phenoxy) is 3. The molecule has 0 spiro atoms. The first-order valence-corrected chi connectivity index (χ1v) is 12.5. The lowest BCUT2D eigenvalue weighted by atomic mass is 10.1. The molecule has 2 N–H and O–H groups in total. The lowest BCUT2D eigenvalue weighted by Gasteiger charge is -2.10. The number of nitrogens with zero attached hydrogens (tertiary/aromatic N) is 2. The van der Waals surface area contributed by atoms with Gasteiger partial charge in [-0.2, -0.15) is 5.10 Å². The number of amides is 1. The number of hydrazone groups is 1. The predicted molar refractivity (Wildman–Crippen MR) is 148 cm³/mol. The van der Waals surface area contributed by atoms with Crippen LogP contribution in [0.5, 0.6) is 11.5 Å². The summed E-state index contributed by atoms with van der Waals surface area (Å²) in [7, 11) is 2.76. The number of thiazole rings is 1. The van der Waals surface area contributed by atoms with Gasteiger partial charge in [0, 0.05) is 27.2 Å². The number of rotatable bonds is 10. The van der Waals surface area contributed by atoms with Gasteiger partial charge in [0.1, 0.15) is 0 Å². The van der Waals surface area contributed by atoms with Crippen molar-refractivity contribution in [1.29, 1.82) is 0 Å². The molecule has 0 radical (unpaired) electrons. The van der Waals surface area contributed by atoms with E-state index in [-0.39, 0.29) is 12.5 Å². The molecule has 11 heteroatoms. The zero-order valence-electron chi connectivity index (χ0n) is 20.4. The second kappa shape index (κ2) is 12.7. The van der Waals surface area contributed by atoms with E-state index in [0.29, 0.717) is 27.6 Å². The number of hydrogen-bond donors (Lipinski definition) is 2. The Labute approximate surface area is 228 Å². The van der Waals surface area contributed by atoms with Gasteiger partial charge >= 0.3 is 5.97 Å². The second-order valence-electron chi connectivity index (χ2n) is 7.72. The SMILES string of the molecule is COC(=O)COc1ccc(/C=N\NC(=O)c2ccc(-c3csc(Nc4ccc(Cl)cc4)n3)cc2)cc1OC. The van der Waals surface area contributed by atoms with Crippen molar-refractivity contribution in [2.24, 2.45) is 5.10 Å². The lowest BCUT2D eigenvalue weighted by Crippen LogP contribution is -2.17. The topological polar surface area (TPSA) is 111 Å². The van der Waals surface area contributed by atoms with E-state index in [2.05, 4.69) is 25.6 Å². The van der Waals surface area contributed by atoms with Gasteiger partial charge in [-0.1, -0.05) is 23.7 Å². The summed E-state index contributed by atoms with van der Waals surface area (Å²) < 4.78 is 15.2. The van der Waals surface area contributed by atoms with Crippen molar-refractivity contribution in [3.63, 3.8) is 0 Å². The Morgan fingerprint density at radius 1 is 1.03 bits per heavy atom. The van der Waals surface area contributed by atoms with Gasteiger partial charge in [-0.25, -0.2) is 15.2 Å². The van der Waals surface area contributed by atoms with Crippen molar-refractivity contribution < 1.29 is 23.8 Å². The van der Waals surface area contributed by atoms with Gasteiger partial charge in [-0.15, -0.1) is 11.3 Å². The first kappa shape index (κ1) is 26.6. The fraction of sp³-hybridized carbons (Fsp3) is 0.111. The maximum absolute atomic E-state index is 12.5. The van der Waals surface area contributed by atoms with Crippen LogP contribution in [0.2, 0.25) is 5.02 Å².